The fraction of sp³-hybridized carbons (Fsp3) is 0.261. The largest absolute Gasteiger partial charge is 0.496 e. The van der Waals surface area contributed by atoms with Gasteiger partial charge in [0.1, 0.15) is 11.9 Å². The number of halogens is 1. The van der Waals surface area contributed by atoms with Crippen molar-refractivity contribution in [2.24, 2.45) is 0 Å². The number of rotatable bonds is 3. The fourth-order valence-corrected chi connectivity index (χ4v) is 4.79. The van der Waals surface area contributed by atoms with E-state index >= 15 is 0 Å². The lowest BCUT2D eigenvalue weighted by Gasteiger charge is -2.31. The average molecular weight is 393 g/mol. The van der Waals surface area contributed by atoms with Crippen LogP contribution in [0.4, 0.5) is 5.69 Å². The predicted molar refractivity (Wildman–Crippen MR) is 112 cm³/mol. The molecule has 2 saturated heterocycles. The molecule has 2 aliphatic rings. The average Bonchev–Trinajstić information content (AvgIpc) is 3.30. The van der Waals surface area contributed by atoms with Crippen molar-refractivity contribution >= 4 is 34.0 Å². The number of carbonyl (C=O) groups excluding carboxylic acids is 1. The summed E-state index contributed by atoms with van der Waals surface area (Å²) in [6.45, 7) is 0.900. The van der Waals surface area contributed by atoms with Crippen molar-refractivity contribution in [1.82, 2.24) is 4.90 Å². The smallest absolute Gasteiger partial charge is 0.246 e. The molecular weight excluding hydrogens is 372 g/mol. The van der Waals surface area contributed by atoms with E-state index in [-0.39, 0.29) is 18.1 Å². The van der Waals surface area contributed by atoms with E-state index in [1.807, 2.05) is 47.4 Å². The second-order valence-corrected chi connectivity index (χ2v) is 7.79. The number of hydrogen-bond donors (Lipinski definition) is 0. The molecule has 0 aliphatic carbocycles. The summed E-state index contributed by atoms with van der Waals surface area (Å²) in [7, 11) is 1.69. The van der Waals surface area contributed by atoms with Crippen LogP contribution in [0, 0.1) is 0 Å². The normalized spacial score (nSPS) is 22.1. The summed E-state index contributed by atoms with van der Waals surface area (Å²) < 4.78 is 5.77. The van der Waals surface area contributed by atoms with Crippen LogP contribution in [-0.4, -0.2) is 30.5 Å². The van der Waals surface area contributed by atoms with E-state index in [4.69, 9.17) is 16.3 Å². The highest BCUT2D eigenvalue weighted by molar-refractivity contribution is 6.30. The van der Waals surface area contributed by atoms with E-state index in [0.717, 1.165) is 47.2 Å². The van der Waals surface area contributed by atoms with Gasteiger partial charge in [-0.1, -0.05) is 41.9 Å². The first-order chi connectivity index (χ1) is 13.7. The maximum Gasteiger partial charge on any atom is 0.246 e. The molecule has 0 radical (unpaired) electrons. The molecule has 5 heteroatoms. The lowest BCUT2D eigenvalue weighted by atomic mass is 10.00. The van der Waals surface area contributed by atoms with Crippen LogP contribution in [0.1, 0.15) is 24.6 Å². The van der Waals surface area contributed by atoms with Gasteiger partial charge in [-0.2, -0.15) is 0 Å². The molecule has 5 rings (SSSR count). The summed E-state index contributed by atoms with van der Waals surface area (Å²) in [4.78, 5) is 17.6. The number of carbonyl (C=O) groups is 1. The molecule has 2 fully saturated rings. The molecule has 0 aromatic heterocycles. The van der Waals surface area contributed by atoms with Crippen LogP contribution in [0.5, 0.6) is 5.75 Å². The molecule has 0 N–H and O–H groups in total. The van der Waals surface area contributed by atoms with Crippen LogP contribution in [0.15, 0.2) is 60.7 Å². The highest BCUT2D eigenvalue weighted by Gasteiger charge is 2.50. The third-order valence-corrected chi connectivity index (χ3v) is 6.14. The second-order valence-electron chi connectivity index (χ2n) is 7.36. The Morgan fingerprint density at radius 3 is 2.61 bits per heavy atom. The minimum absolute atomic E-state index is 0.0793. The van der Waals surface area contributed by atoms with Crippen LogP contribution >= 0.6 is 11.6 Å². The zero-order chi connectivity index (χ0) is 19.3. The first kappa shape index (κ1) is 17.5. The number of anilines is 1. The second kappa shape index (κ2) is 6.80. The third-order valence-electron chi connectivity index (χ3n) is 5.89. The van der Waals surface area contributed by atoms with E-state index in [2.05, 4.69) is 23.1 Å². The molecular formula is C23H21ClN2O2. The molecule has 2 heterocycles. The minimum Gasteiger partial charge on any atom is -0.496 e. The molecule has 142 valence electrons. The summed E-state index contributed by atoms with van der Waals surface area (Å²) in [6, 6.07) is 19.8. The van der Waals surface area contributed by atoms with Crippen molar-refractivity contribution in [1.29, 1.82) is 0 Å². The van der Waals surface area contributed by atoms with E-state index in [1.54, 1.807) is 7.11 Å². The van der Waals surface area contributed by atoms with Gasteiger partial charge < -0.3 is 4.74 Å². The first-order valence-electron chi connectivity index (χ1n) is 9.59. The topological polar surface area (TPSA) is 32.8 Å². The standard InChI is InChI=1S/C23H21ClN2O2/c1-28-20-13-8-15-5-2-3-6-18(15)21(20)22-25-14-4-7-19(25)23(27)26(22)17-11-9-16(24)10-12-17/h2-3,5-6,8-13,19,22H,4,7,14H2,1H3. The molecule has 28 heavy (non-hydrogen) atoms. The molecule has 0 saturated carbocycles. The van der Waals surface area contributed by atoms with Crippen LogP contribution in [-0.2, 0) is 4.79 Å². The summed E-state index contributed by atoms with van der Waals surface area (Å²) in [5.41, 5.74) is 1.91. The Labute approximate surface area is 169 Å². The number of fused-ring (bicyclic) bond motifs is 2. The zero-order valence-corrected chi connectivity index (χ0v) is 16.4. The SMILES string of the molecule is COc1ccc2ccccc2c1C1N(c2ccc(Cl)cc2)C(=O)C2CCCN21. The van der Waals surface area contributed by atoms with Gasteiger partial charge in [-0.3, -0.25) is 14.6 Å². The summed E-state index contributed by atoms with van der Waals surface area (Å²) in [6.07, 6.45) is 1.74. The monoisotopic (exact) mass is 392 g/mol. The van der Waals surface area contributed by atoms with Gasteiger partial charge in [-0.15, -0.1) is 0 Å². The molecule has 0 spiro atoms. The highest BCUT2D eigenvalue weighted by Crippen LogP contribution is 2.47. The molecule has 0 bridgehead atoms. The lowest BCUT2D eigenvalue weighted by molar-refractivity contribution is -0.119. The first-order valence-corrected chi connectivity index (χ1v) is 9.97. The Kier molecular flexibility index (Phi) is 4.26. The fourth-order valence-electron chi connectivity index (χ4n) is 4.66. The minimum atomic E-state index is -0.192. The van der Waals surface area contributed by atoms with Crippen LogP contribution in [0.25, 0.3) is 10.8 Å². The van der Waals surface area contributed by atoms with Crippen molar-refractivity contribution in [3.05, 3.63) is 71.2 Å². The maximum atomic E-state index is 13.4. The van der Waals surface area contributed by atoms with Gasteiger partial charge in [-0.25, -0.2) is 0 Å². The van der Waals surface area contributed by atoms with E-state index in [9.17, 15) is 4.79 Å². The van der Waals surface area contributed by atoms with E-state index in [0.29, 0.717) is 5.02 Å². The molecule has 1 amide bonds. The third kappa shape index (κ3) is 2.60. The van der Waals surface area contributed by atoms with Gasteiger partial charge in [0.25, 0.3) is 0 Å². The van der Waals surface area contributed by atoms with Crippen LogP contribution in [0.2, 0.25) is 5.02 Å². The van der Waals surface area contributed by atoms with Crippen molar-refractivity contribution in [2.75, 3.05) is 18.6 Å². The van der Waals surface area contributed by atoms with E-state index in [1.165, 1.54) is 0 Å². The van der Waals surface area contributed by atoms with Gasteiger partial charge in [0, 0.05) is 22.8 Å². The predicted octanol–water partition coefficient (Wildman–Crippen LogP) is 5.01. The Morgan fingerprint density at radius 2 is 1.82 bits per heavy atom. The quantitative estimate of drug-likeness (QED) is 0.628. The molecule has 3 aromatic carbocycles. The number of benzene rings is 3. The van der Waals surface area contributed by atoms with Gasteiger partial charge in [0.05, 0.1) is 13.2 Å². The zero-order valence-electron chi connectivity index (χ0n) is 15.6. The number of hydrogen-bond acceptors (Lipinski definition) is 3. The summed E-state index contributed by atoms with van der Waals surface area (Å²) in [5, 5.41) is 2.92. The van der Waals surface area contributed by atoms with Crippen LogP contribution < -0.4 is 9.64 Å². The Bertz CT molecular complexity index is 1050. The highest BCUT2D eigenvalue weighted by atomic mass is 35.5. The van der Waals surface area contributed by atoms with Crippen LogP contribution in [0.3, 0.4) is 0 Å². The molecule has 2 unspecified atom stereocenters. The summed E-state index contributed by atoms with van der Waals surface area (Å²) in [5.74, 6) is 0.961. The van der Waals surface area contributed by atoms with Crippen molar-refractivity contribution in [3.8, 4) is 5.75 Å². The number of nitrogens with zero attached hydrogens (tertiary/aromatic N) is 2. The van der Waals surface area contributed by atoms with E-state index < -0.39 is 0 Å². The van der Waals surface area contributed by atoms with Gasteiger partial charge in [0.15, 0.2) is 0 Å². The number of methoxy groups -OCH3 is 1. The van der Waals surface area contributed by atoms with Gasteiger partial charge in [0.2, 0.25) is 5.91 Å². The maximum absolute atomic E-state index is 13.4. The summed E-state index contributed by atoms with van der Waals surface area (Å²) >= 11 is 6.10. The molecule has 2 aliphatic heterocycles. The van der Waals surface area contributed by atoms with Gasteiger partial charge >= 0.3 is 0 Å². The lowest BCUT2D eigenvalue weighted by Crippen LogP contribution is -2.32. The Morgan fingerprint density at radius 1 is 1.04 bits per heavy atom. The molecule has 4 nitrogen and oxygen atoms in total. The molecule has 2 atom stereocenters. The molecule has 3 aromatic rings. The van der Waals surface area contributed by atoms with Crippen molar-refractivity contribution < 1.29 is 9.53 Å². The van der Waals surface area contributed by atoms with Crippen molar-refractivity contribution in [2.45, 2.75) is 25.0 Å². The number of amides is 1. The van der Waals surface area contributed by atoms with Gasteiger partial charge in [-0.05, 0) is 53.9 Å². The number of ether oxygens (including phenoxy) is 1. The van der Waals surface area contributed by atoms with Crippen molar-refractivity contribution in [3.63, 3.8) is 0 Å². The Hall–Kier alpha value is -2.56. The Balaban J connectivity index is 1.75.